The molecule has 0 bridgehead atoms. The molecule has 1 saturated heterocycles. The van der Waals surface area contributed by atoms with E-state index in [9.17, 15) is 0 Å². The van der Waals surface area contributed by atoms with Crippen LogP contribution >= 0.6 is 0 Å². The van der Waals surface area contributed by atoms with Crippen molar-refractivity contribution >= 4 is 5.96 Å². The van der Waals surface area contributed by atoms with E-state index in [2.05, 4.69) is 46.3 Å². The van der Waals surface area contributed by atoms with Crippen molar-refractivity contribution in [1.82, 2.24) is 20.5 Å². The number of piperidine rings is 1. The van der Waals surface area contributed by atoms with Gasteiger partial charge in [0.15, 0.2) is 5.96 Å². The number of guanidine groups is 1. The van der Waals surface area contributed by atoms with Crippen LogP contribution in [0.5, 0.6) is 5.88 Å². The Morgan fingerprint density at radius 2 is 2.12 bits per heavy atom. The van der Waals surface area contributed by atoms with Gasteiger partial charge in [0.2, 0.25) is 5.88 Å². The summed E-state index contributed by atoms with van der Waals surface area (Å²) in [7, 11) is 1.82. The lowest BCUT2D eigenvalue weighted by Crippen LogP contribution is -2.48. The van der Waals surface area contributed by atoms with Crippen molar-refractivity contribution in [3.63, 3.8) is 0 Å². The van der Waals surface area contributed by atoms with Gasteiger partial charge in [-0.3, -0.25) is 4.99 Å². The summed E-state index contributed by atoms with van der Waals surface area (Å²) < 4.78 is 5.52. The van der Waals surface area contributed by atoms with Crippen molar-refractivity contribution in [3.8, 4) is 5.88 Å². The molecule has 6 nitrogen and oxygen atoms in total. The zero-order chi connectivity index (χ0) is 18.8. The van der Waals surface area contributed by atoms with Crippen LogP contribution in [0.3, 0.4) is 0 Å². The molecule has 0 aromatic carbocycles. The Bertz CT molecular complexity index is 536. The Labute approximate surface area is 158 Å². The Kier molecular flexibility index (Phi) is 8.68. The highest BCUT2D eigenvalue weighted by Crippen LogP contribution is 2.12. The zero-order valence-corrected chi connectivity index (χ0v) is 16.8. The van der Waals surface area contributed by atoms with Gasteiger partial charge >= 0.3 is 0 Å². The van der Waals surface area contributed by atoms with Gasteiger partial charge in [-0.2, -0.15) is 0 Å². The lowest BCUT2D eigenvalue weighted by molar-refractivity contribution is 0.187. The van der Waals surface area contributed by atoms with Crippen LogP contribution in [0.2, 0.25) is 0 Å². The molecule has 0 saturated carbocycles. The lowest BCUT2D eigenvalue weighted by Gasteiger charge is -2.34. The first kappa shape index (κ1) is 20.5. The zero-order valence-electron chi connectivity index (χ0n) is 16.8. The Morgan fingerprint density at radius 1 is 1.35 bits per heavy atom. The fraction of sp³-hybridized carbons (Fsp3) is 0.700. The maximum Gasteiger partial charge on any atom is 0.213 e. The molecule has 26 heavy (non-hydrogen) atoms. The molecule has 2 rings (SSSR count). The summed E-state index contributed by atoms with van der Waals surface area (Å²) in [6.07, 6.45) is 5.18. The van der Waals surface area contributed by atoms with Crippen LogP contribution in [-0.4, -0.2) is 55.2 Å². The molecule has 6 heteroatoms. The molecule has 0 amide bonds. The van der Waals surface area contributed by atoms with Crippen molar-refractivity contribution in [2.24, 2.45) is 10.9 Å². The standard InChI is InChI=1S/C20H35N5O/c1-5-12-26-19-7-6-17(13-22-19)14-23-20(21-4)24-18-8-10-25(11-9-18)15-16(2)3/h6-7,13,16,18H,5,8-12,14-15H2,1-4H3,(H2,21,23,24). The highest BCUT2D eigenvalue weighted by molar-refractivity contribution is 5.79. The number of aliphatic imine (C=N–C) groups is 1. The van der Waals surface area contributed by atoms with E-state index in [1.807, 2.05) is 25.4 Å². The molecular weight excluding hydrogens is 326 g/mol. The first-order valence-electron chi connectivity index (χ1n) is 9.88. The maximum atomic E-state index is 5.52. The molecule has 1 aromatic rings. The summed E-state index contributed by atoms with van der Waals surface area (Å²) >= 11 is 0. The van der Waals surface area contributed by atoms with Crippen molar-refractivity contribution < 1.29 is 4.74 Å². The molecular formula is C20H35N5O. The maximum absolute atomic E-state index is 5.52. The monoisotopic (exact) mass is 361 g/mol. The van der Waals surface area contributed by atoms with E-state index in [1.54, 1.807) is 0 Å². The molecule has 0 unspecified atom stereocenters. The third-order valence-electron chi connectivity index (χ3n) is 4.49. The summed E-state index contributed by atoms with van der Waals surface area (Å²) in [5, 5.41) is 6.94. The molecule has 1 aromatic heterocycles. The summed E-state index contributed by atoms with van der Waals surface area (Å²) in [5.41, 5.74) is 1.11. The number of likely N-dealkylation sites (tertiary alicyclic amines) is 1. The van der Waals surface area contributed by atoms with Gasteiger partial charge in [0.25, 0.3) is 0 Å². The summed E-state index contributed by atoms with van der Waals surface area (Å²) in [4.78, 5) is 11.3. The molecule has 0 atom stereocenters. The van der Waals surface area contributed by atoms with Crippen LogP contribution in [0.4, 0.5) is 0 Å². The molecule has 1 aliphatic rings. The van der Waals surface area contributed by atoms with Gasteiger partial charge in [-0.25, -0.2) is 4.98 Å². The Hall–Kier alpha value is -1.82. The Morgan fingerprint density at radius 3 is 2.69 bits per heavy atom. The van der Waals surface area contributed by atoms with Crippen molar-refractivity contribution in [2.75, 3.05) is 33.3 Å². The molecule has 0 aliphatic carbocycles. The second-order valence-electron chi connectivity index (χ2n) is 7.39. The van der Waals surface area contributed by atoms with Crippen LogP contribution in [0.15, 0.2) is 23.3 Å². The third kappa shape index (κ3) is 7.20. The normalized spacial score (nSPS) is 16.7. The van der Waals surface area contributed by atoms with Gasteiger partial charge < -0.3 is 20.3 Å². The Balaban J connectivity index is 1.73. The van der Waals surface area contributed by atoms with Crippen LogP contribution in [0.1, 0.15) is 45.6 Å². The quantitative estimate of drug-likeness (QED) is 0.551. The van der Waals surface area contributed by atoms with E-state index in [0.717, 1.165) is 37.0 Å². The second kappa shape index (κ2) is 11.0. The smallest absolute Gasteiger partial charge is 0.213 e. The van der Waals surface area contributed by atoms with E-state index in [0.29, 0.717) is 25.1 Å². The number of nitrogens with zero attached hydrogens (tertiary/aromatic N) is 3. The molecule has 0 spiro atoms. The van der Waals surface area contributed by atoms with Crippen molar-refractivity contribution in [3.05, 3.63) is 23.9 Å². The minimum atomic E-state index is 0.493. The van der Waals surface area contributed by atoms with Gasteiger partial charge in [-0.05, 0) is 30.7 Å². The van der Waals surface area contributed by atoms with E-state index < -0.39 is 0 Å². The van der Waals surface area contributed by atoms with E-state index in [4.69, 9.17) is 4.74 Å². The average Bonchev–Trinajstić information content (AvgIpc) is 2.65. The van der Waals surface area contributed by atoms with Gasteiger partial charge in [-0.15, -0.1) is 0 Å². The minimum Gasteiger partial charge on any atom is -0.478 e. The molecule has 146 valence electrons. The molecule has 2 heterocycles. The first-order valence-corrected chi connectivity index (χ1v) is 9.88. The third-order valence-corrected chi connectivity index (χ3v) is 4.49. The number of hydrogen-bond donors (Lipinski definition) is 2. The highest BCUT2D eigenvalue weighted by atomic mass is 16.5. The largest absolute Gasteiger partial charge is 0.478 e. The highest BCUT2D eigenvalue weighted by Gasteiger charge is 2.20. The van der Waals surface area contributed by atoms with Gasteiger partial charge in [0, 0.05) is 51.5 Å². The van der Waals surface area contributed by atoms with Gasteiger partial charge in [0.05, 0.1) is 6.61 Å². The van der Waals surface area contributed by atoms with Crippen molar-refractivity contribution in [2.45, 2.75) is 52.6 Å². The summed E-state index contributed by atoms with van der Waals surface area (Å²) in [5.74, 6) is 2.28. The number of hydrogen-bond acceptors (Lipinski definition) is 4. The number of rotatable bonds is 8. The van der Waals surface area contributed by atoms with Gasteiger partial charge in [-0.1, -0.05) is 26.8 Å². The number of nitrogens with one attached hydrogen (secondary N) is 2. The predicted octanol–water partition coefficient (Wildman–Crippen LogP) is 2.66. The van der Waals surface area contributed by atoms with Gasteiger partial charge in [0.1, 0.15) is 0 Å². The lowest BCUT2D eigenvalue weighted by atomic mass is 10.0. The average molecular weight is 362 g/mol. The summed E-state index contributed by atoms with van der Waals surface area (Å²) in [6.45, 7) is 11.6. The topological polar surface area (TPSA) is 61.8 Å². The van der Waals surface area contributed by atoms with Crippen molar-refractivity contribution in [1.29, 1.82) is 0 Å². The fourth-order valence-corrected chi connectivity index (χ4v) is 3.16. The minimum absolute atomic E-state index is 0.493. The fourth-order valence-electron chi connectivity index (χ4n) is 3.16. The molecule has 0 radical (unpaired) electrons. The summed E-state index contributed by atoms with van der Waals surface area (Å²) in [6, 6.07) is 4.46. The second-order valence-corrected chi connectivity index (χ2v) is 7.39. The predicted molar refractivity (Wildman–Crippen MR) is 108 cm³/mol. The van der Waals surface area contributed by atoms with Crippen LogP contribution in [0, 0.1) is 5.92 Å². The number of aromatic nitrogens is 1. The van der Waals surface area contributed by atoms with E-state index in [-0.39, 0.29) is 0 Å². The molecule has 2 N–H and O–H groups in total. The molecule has 1 fully saturated rings. The number of pyridine rings is 1. The van der Waals surface area contributed by atoms with E-state index >= 15 is 0 Å². The van der Waals surface area contributed by atoms with E-state index in [1.165, 1.54) is 19.4 Å². The SMILES string of the molecule is CCCOc1ccc(CNC(=NC)NC2CCN(CC(C)C)CC2)cn1. The van der Waals surface area contributed by atoms with Crippen LogP contribution in [-0.2, 0) is 6.54 Å². The van der Waals surface area contributed by atoms with Crippen LogP contribution in [0.25, 0.3) is 0 Å². The molecule has 1 aliphatic heterocycles. The van der Waals surface area contributed by atoms with Crippen LogP contribution < -0.4 is 15.4 Å². The number of ether oxygens (including phenoxy) is 1. The first-order chi connectivity index (χ1) is 12.6.